The lowest BCUT2D eigenvalue weighted by atomic mass is 9.89. The molecule has 0 unspecified atom stereocenters. The molecule has 0 aliphatic rings. The fourth-order valence-corrected chi connectivity index (χ4v) is 2.58. The van der Waals surface area contributed by atoms with Crippen LogP contribution >= 0.6 is 0 Å². The fraction of sp³-hybridized carbons (Fsp3) is 0.520. The van der Waals surface area contributed by atoms with Gasteiger partial charge in [-0.15, -0.1) is 0 Å². The Morgan fingerprint density at radius 2 is 0.920 bits per heavy atom. The fourth-order valence-electron chi connectivity index (χ4n) is 2.58. The van der Waals surface area contributed by atoms with Crippen molar-refractivity contribution in [2.45, 2.75) is 87.5 Å². The number of rotatable bonds is 3. The third-order valence-electron chi connectivity index (χ3n) is 4.15. The molecule has 0 saturated carbocycles. The summed E-state index contributed by atoms with van der Waals surface area (Å²) in [5.41, 5.74) is 8.32. The molecule has 0 aromatic heterocycles. The first kappa shape index (κ1) is 23.4. The third kappa shape index (κ3) is 7.06. The SMILES string of the molecule is CC.CCC.Cc1ccc(C(C)C)cc1-c1cc(C(C)C)ccc1C. The molecule has 0 bridgehead atoms. The van der Waals surface area contributed by atoms with Gasteiger partial charge in [-0.05, 0) is 59.1 Å². The van der Waals surface area contributed by atoms with Crippen molar-refractivity contribution in [1.82, 2.24) is 0 Å². The van der Waals surface area contributed by atoms with Crippen LogP contribution in [0.4, 0.5) is 0 Å². The van der Waals surface area contributed by atoms with Crippen LogP contribution in [-0.2, 0) is 0 Å². The summed E-state index contributed by atoms with van der Waals surface area (Å²) >= 11 is 0. The lowest BCUT2D eigenvalue weighted by molar-refractivity contribution is 0.864. The third-order valence-corrected chi connectivity index (χ3v) is 4.15. The van der Waals surface area contributed by atoms with E-state index in [4.69, 9.17) is 0 Å². The highest BCUT2D eigenvalue weighted by Gasteiger charge is 2.10. The molecule has 140 valence electrons. The van der Waals surface area contributed by atoms with E-state index in [-0.39, 0.29) is 0 Å². The average molecular weight is 341 g/mol. The van der Waals surface area contributed by atoms with E-state index >= 15 is 0 Å². The van der Waals surface area contributed by atoms with Crippen molar-refractivity contribution in [2.24, 2.45) is 0 Å². The highest BCUT2D eigenvalue weighted by Crippen LogP contribution is 2.32. The van der Waals surface area contributed by atoms with E-state index in [1.165, 1.54) is 39.8 Å². The van der Waals surface area contributed by atoms with Crippen molar-refractivity contribution in [3.05, 3.63) is 58.7 Å². The molecule has 0 spiro atoms. The first-order chi connectivity index (χ1) is 11.8. The van der Waals surface area contributed by atoms with E-state index in [9.17, 15) is 0 Å². The molecule has 0 heteroatoms. The molecule has 2 aromatic rings. The van der Waals surface area contributed by atoms with Crippen LogP contribution < -0.4 is 0 Å². The Balaban J connectivity index is 0.00000104. The molecule has 0 radical (unpaired) electrons. The maximum atomic E-state index is 2.37. The molecule has 0 aliphatic carbocycles. The summed E-state index contributed by atoms with van der Waals surface area (Å²) < 4.78 is 0. The molecule has 0 atom stereocenters. The Labute approximate surface area is 157 Å². The van der Waals surface area contributed by atoms with E-state index in [1.807, 2.05) is 13.8 Å². The predicted molar refractivity (Wildman–Crippen MR) is 117 cm³/mol. The minimum atomic E-state index is 0.572. The number of benzene rings is 2. The van der Waals surface area contributed by atoms with Gasteiger partial charge >= 0.3 is 0 Å². The van der Waals surface area contributed by atoms with E-state index in [1.54, 1.807) is 0 Å². The van der Waals surface area contributed by atoms with Gasteiger partial charge in [-0.1, -0.05) is 98.2 Å². The van der Waals surface area contributed by atoms with Gasteiger partial charge in [0.2, 0.25) is 0 Å². The zero-order chi connectivity index (χ0) is 19.6. The van der Waals surface area contributed by atoms with Crippen LogP contribution in [0, 0.1) is 13.8 Å². The summed E-state index contributed by atoms with van der Waals surface area (Å²) in [6.45, 7) is 21.7. The van der Waals surface area contributed by atoms with Gasteiger partial charge in [0.15, 0.2) is 0 Å². The lowest BCUT2D eigenvalue weighted by Crippen LogP contribution is -1.95. The molecule has 2 aromatic carbocycles. The quantitative estimate of drug-likeness (QED) is 0.524. The number of hydrogen-bond donors (Lipinski definition) is 0. The van der Waals surface area contributed by atoms with Crippen LogP contribution in [0.15, 0.2) is 36.4 Å². The van der Waals surface area contributed by atoms with Gasteiger partial charge < -0.3 is 0 Å². The summed E-state index contributed by atoms with van der Waals surface area (Å²) in [5, 5.41) is 0. The Morgan fingerprint density at radius 3 is 1.16 bits per heavy atom. The Kier molecular flexibility index (Phi) is 11.2. The van der Waals surface area contributed by atoms with Crippen LogP contribution in [0.3, 0.4) is 0 Å². The van der Waals surface area contributed by atoms with Crippen LogP contribution in [0.2, 0.25) is 0 Å². The van der Waals surface area contributed by atoms with Crippen molar-refractivity contribution in [1.29, 1.82) is 0 Å². The maximum Gasteiger partial charge on any atom is -0.0149 e. The first-order valence-electron chi connectivity index (χ1n) is 10.0. The molecule has 2 rings (SSSR count). The zero-order valence-corrected chi connectivity index (χ0v) is 18.3. The molecule has 25 heavy (non-hydrogen) atoms. The Morgan fingerprint density at radius 1 is 0.640 bits per heavy atom. The maximum absolute atomic E-state index is 2.37. The largest absolute Gasteiger partial charge is 0.0683 e. The van der Waals surface area contributed by atoms with E-state index in [2.05, 4.69) is 91.8 Å². The summed E-state index contributed by atoms with van der Waals surface area (Å²) in [6, 6.07) is 13.8. The first-order valence-corrected chi connectivity index (χ1v) is 10.0. The minimum Gasteiger partial charge on any atom is -0.0683 e. The molecule has 0 nitrogen and oxygen atoms in total. The van der Waals surface area contributed by atoms with Gasteiger partial charge in [0.1, 0.15) is 0 Å². The van der Waals surface area contributed by atoms with Gasteiger partial charge in [0.25, 0.3) is 0 Å². The second-order valence-electron chi connectivity index (χ2n) is 7.17. The second kappa shape index (κ2) is 11.9. The van der Waals surface area contributed by atoms with Crippen LogP contribution in [-0.4, -0.2) is 0 Å². The van der Waals surface area contributed by atoms with Gasteiger partial charge in [-0.2, -0.15) is 0 Å². The monoisotopic (exact) mass is 340 g/mol. The van der Waals surface area contributed by atoms with Crippen molar-refractivity contribution in [3.8, 4) is 11.1 Å². The van der Waals surface area contributed by atoms with Gasteiger partial charge in [0, 0.05) is 0 Å². The van der Waals surface area contributed by atoms with Crippen LogP contribution in [0.1, 0.15) is 95.9 Å². The smallest absolute Gasteiger partial charge is 0.0149 e. The summed E-state index contributed by atoms with van der Waals surface area (Å²) in [4.78, 5) is 0. The number of aryl methyl sites for hydroxylation is 2. The highest BCUT2D eigenvalue weighted by molar-refractivity contribution is 5.72. The summed E-state index contributed by atoms with van der Waals surface area (Å²) in [6.07, 6.45) is 1.25. The van der Waals surface area contributed by atoms with Crippen molar-refractivity contribution >= 4 is 0 Å². The normalized spacial score (nSPS) is 10.1. The van der Waals surface area contributed by atoms with Crippen LogP contribution in [0.5, 0.6) is 0 Å². The Bertz CT molecular complexity index is 562. The van der Waals surface area contributed by atoms with E-state index in [0.29, 0.717) is 11.8 Å². The van der Waals surface area contributed by atoms with Gasteiger partial charge in [0.05, 0.1) is 0 Å². The second-order valence-corrected chi connectivity index (χ2v) is 7.17. The summed E-state index contributed by atoms with van der Waals surface area (Å²) in [7, 11) is 0. The summed E-state index contributed by atoms with van der Waals surface area (Å²) in [5.74, 6) is 1.14. The number of hydrogen-bond acceptors (Lipinski definition) is 0. The zero-order valence-electron chi connectivity index (χ0n) is 18.3. The Hall–Kier alpha value is -1.56. The highest BCUT2D eigenvalue weighted by atomic mass is 14.1. The van der Waals surface area contributed by atoms with Gasteiger partial charge in [-0.25, -0.2) is 0 Å². The molecule has 0 heterocycles. The van der Waals surface area contributed by atoms with E-state index in [0.717, 1.165) is 0 Å². The topological polar surface area (TPSA) is 0 Å². The molecule has 0 aliphatic heterocycles. The molecule has 0 fully saturated rings. The molecule has 0 saturated heterocycles. The van der Waals surface area contributed by atoms with Crippen molar-refractivity contribution in [3.63, 3.8) is 0 Å². The minimum absolute atomic E-state index is 0.572. The molecular weight excluding hydrogens is 300 g/mol. The molecule has 0 N–H and O–H groups in total. The lowest BCUT2D eigenvalue weighted by Gasteiger charge is -2.16. The molecule has 0 amide bonds. The standard InChI is InChI=1S/C20H26.C3H8.C2H6/c1-13(2)17-9-7-15(5)19(11-17)20-12-18(14(3)4)10-8-16(20)6;1-3-2;1-2/h7-14H,1-6H3;3H2,1-2H3;1-2H3. The van der Waals surface area contributed by atoms with Gasteiger partial charge in [-0.3, -0.25) is 0 Å². The van der Waals surface area contributed by atoms with Crippen molar-refractivity contribution < 1.29 is 0 Å². The predicted octanol–water partition coefficient (Wildman–Crippen LogP) is 8.66. The average Bonchev–Trinajstić information content (AvgIpc) is 2.58. The van der Waals surface area contributed by atoms with Crippen LogP contribution in [0.25, 0.3) is 11.1 Å². The molecular formula is C25H40. The van der Waals surface area contributed by atoms with E-state index < -0.39 is 0 Å². The van der Waals surface area contributed by atoms with Crippen molar-refractivity contribution in [2.75, 3.05) is 0 Å².